The number of urea groups is 1. The van der Waals surface area contributed by atoms with Gasteiger partial charge in [-0.25, -0.2) is 4.79 Å². The maximum absolute atomic E-state index is 11.9. The number of rotatable bonds is 6. The Morgan fingerprint density at radius 1 is 1.40 bits per heavy atom. The molecule has 0 aliphatic heterocycles. The molecule has 2 amide bonds. The normalized spacial score (nSPS) is 29.5. The maximum atomic E-state index is 11.9. The van der Waals surface area contributed by atoms with Crippen molar-refractivity contribution in [3.05, 3.63) is 0 Å². The Kier molecular flexibility index (Phi) is 5.43. The van der Waals surface area contributed by atoms with E-state index in [0.717, 1.165) is 38.5 Å². The number of aliphatic hydroxyl groups is 1. The monoisotopic (exact) mass is 302 g/mol. The Morgan fingerprint density at radius 2 is 2.15 bits per heavy atom. The molecule has 2 saturated carbocycles. The second kappa shape index (κ2) is 6.89. The van der Waals surface area contributed by atoms with Crippen molar-refractivity contribution in [2.45, 2.75) is 56.7 Å². The summed E-state index contributed by atoms with van der Waals surface area (Å²) in [5, 5.41) is 15.3. The smallest absolute Gasteiger partial charge is 0.315 e. The molecule has 116 valence electrons. The first-order valence-corrected chi connectivity index (χ1v) is 8.99. The molecule has 0 aromatic rings. The Labute approximate surface area is 123 Å². The first kappa shape index (κ1) is 15.8. The number of aliphatic hydroxyl groups excluding tert-OH is 1. The van der Waals surface area contributed by atoms with Crippen LogP contribution in [0.5, 0.6) is 0 Å². The van der Waals surface area contributed by atoms with E-state index in [9.17, 15) is 14.1 Å². The number of hydrogen-bond donors (Lipinski definition) is 3. The van der Waals surface area contributed by atoms with Crippen LogP contribution in [-0.4, -0.2) is 45.5 Å². The zero-order valence-corrected chi connectivity index (χ0v) is 13.0. The Balaban J connectivity index is 1.72. The van der Waals surface area contributed by atoms with Crippen molar-refractivity contribution in [3.8, 4) is 0 Å². The average molecular weight is 302 g/mol. The zero-order valence-electron chi connectivity index (χ0n) is 12.2. The molecule has 2 aliphatic rings. The first-order valence-electron chi connectivity index (χ1n) is 7.61. The van der Waals surface area contributed by atoms with Gasteiger partial charge >= 0.3 is 6.03 Å². The Bertz CT molecular complexity index is 371. The van der Waals surface area contributed by atoms with Gasteiger partial charge in [-0.15, -0.1) is 0 Å². The van der Waals surface area contributed by atoms with Gasteiger partial charge in [0.15, 0.2) is 0 Å². The van der Waals surface area contributed by atoms with Crippen molar-refractivity contribution in [1.82, 2.24) is 10.6 Å². The summed E-state index contributed by atoms with van der Waals surface area (Å²) in [6.45, 7) is 2.64. The lowest BCUT2D eigenvalue weighted by Crippen LogP contribution is -2.47. The summed E-state index contributed by atoms with van der Waals surface area (Å²) < 4.78 is 11.9. The van der Waals surface area contributed by atoms with Crippen molar-refractivity contribution in [3.63, 3.8) is 0 Å². The van der Waals surface area contributed by atoms with Crippen molar-refractivity contribution in [2.24, 2.45) is 5.41 Å². The fourth-order valence-corrected chi connectivity index (χ4v) is 4.17. The van der Waals surface area contributed by atoms with Crippen molar-refractivity contribution >= 4 is 16.8 Å². The lowest BCUT2D eigenvalue weighted by atomic mass is 9.95. The number of carbonyl (C=O) groups excluding carboxylic acids is 1. The summed E-state index contributed by atoms with van der Waals surface area (Å²) >= 11 is 0. The third kappa shape index (κ3) is 4.19. The first-order chi connectivity index (χ1) is 9.58. The van der Waals surface area contributed by atoms with Gasteiger partial charge in [-0.05, 0) is 32.1 Å². The molecule has 2 rings (SSSR count). The molecule has 5 nitrogen and oxygen atoms in total. The van der Waals surface area contributed by atoms with Gasteiger partial charge < -0.3 is 15.7 Å². The fraction of sp³-hybridized carbons (Fsp3) is 0.929. The predicted molar refractivity (Wildman–Crippen MR) is 80.0 cm³/mol. The highest BCUT2D eigenvalue weighted by atomic mass is 32.2. The van der Waals surface area contributed by atoms with E-state index in [1.165, 1.54) is 0 Å². The van der Waals surface area contributed by atoms with Crippen LogP contribution in [0.15, 0.2) is 0 Å². The number of nitrogens with one attached hydrogen (secondary N) is 2. The van der Waals surface area contributed by atoms with Crippen LogP contribution < -0.4 is 10.6 Å². The van der Waals surface area contributed by atoms with Gasteiger partial charge in [-0.3, -0.25) is 4.21 Å². The minimum absolute atomic E-state index is 0.0594. The van der Waals surface area contributed by atoms with E-state index >= 15 is 0 Å². The van der Waals surface area contributed by atoms with Gasteiger partial charge in [0.2, 0.25) is 0 Å². The quantitative estimate of drug-likeness (QED) is 0.688. The van der Waals surface area contributed by atoms with E-state index < -0.39 is 10.8 Å². The van der Waals surface area contributed by atoms with E-state index in [4.69, 9.17) is 0 Å². The van der Waals surface area contributed by atoms with Crippen LogP contribution in [0.3, 0.4) is 0 Å². The molecule has 0 bridgehead atoms. The van der Waals surface area contributed by atoms with E-state index in [-0.39, 0.29) is 29.3 Å². The Hall–Kier alpha value is -0.620. The summed E-state index contributed by atoms with van der Waals surface area (Å²) in [6.07, 6.45) is 5.81. The van der Waals surface area contributed by atoms with E-state index in [0.29, 0.717) is 12.3 Å². The van der Waals surface area contributed by atoms with Gasteiger partial charge in [0.1, 0.15) is 0 Å². The number of amides is 2. The average Bonchev–Trinajstić information content (AvgIpc) is 3.25. The molecule has 0 radical (unpaired) electrons. The lowest BCUT2D eigenvalue weighted by molar-refractivity contribution is 0.201. The molecule has 3 N–H and O–H groups in total. The van der Waals surface area contributed by atoms with Gasteiger partial charge in [0.05, 0.1) is 6.61 Å². The van der Waals surface area contributed by atoms with Crippen molar-refractivity contribution in [1.29, 1.82) is 0 Å². The molecule has 2 fully saturated rings. The van der Waals surface area contributed by atoms with Crippen LogP contribution >= 0.6 is 0 Å². The van der Waals surface area contributed by atoms with E-state index in [1.54, 1.807) is 0 Å². The summed E-state index contributed by atoms with van der Waals surface area (Å²) in [5.41, 5.74) is -0.0594. The summed E-state index contributed by atoms with van der Waals surface area (Å²) in [6, 6.07) is -0.0221. The van der Waals surface area contributed by atoms with Crippen LogP contribution in [0, 0.1) is 5.41 Å². The topological polar surface area (TPSA) is 78.4 Å². The molecule has 0 saturated heterocycles. The predicted octanol–water partition coefficient (Wildman–Crippen LogP) is 1.14. The molecule has 0 spiro atoms. The highest BCUT2D eigenvalue weighted by Gasteiger charge is 2.42. The highest BCUT2D eigenvalue weighted by Crippen LogP contribution is 2.44. The molecule has 0 heterocycles. The molecule has 20 heavy (non-hydrogen) atoms. The molecule has 0 aromatic heterocycles. The third-order valence-electron chi connectivity index (χ3n) is 4.53. The summed E-state index contributed by atoms with van der Waals surface area (Å²) in [5.74, 6) is 0.697. The summed E-state index contributed by atoms with van der Waals surface area (Å²) in [7, 11) is -0.763. The van der Waals surface area contributed by atoms with Crippen LogP contribution in [0.4, 0.5) is 4.79 Å². The van der Waals surface area contributed by atoms with Gasteiger partial charge in [-0.1, -0.05) is 13.3 Å². The molecular weight excluding hydrogens is 276 g/mol. The number of carbonyl (C=O) groups is 1. The molecule has 2 aliphatic carbocycles. The minimum Gasteiger partial charge on any atom is -0.396 e. The molecule has 6 heteroatoms. The number of hydrogen-bond acceptors (Lipinski definition) is 3. The fourth-order valence-electron chi connectivity index (χ4n) is 2.82. The lowest BCUT2D eigenvalue weighted by Gasteiger charge is -2.29. The second-order valence-corrected chi connectivity index (χ2v) is 8.15. The van der Waals surface area contributed by atoms with E-state index in [1.807, 2.05) is 6.92 Å². The van der Waals surface area contributed by atoms with Gasteiger partial charge in [0.25, 0.3) is 0 Å². The molecule has 3 unspecified atom stereocenters. The van der Waals surface area contributed by atoms with E-state index in [2.05, 4.69) is 10.6 Å². The SMILES string of the molecule is CCS(=O)C1CCCC(NC(=O)NCC2(CO)CC2)C1. The van der Waals surface area contributed by atoms with Crippen LogP contribution in [0.2, 0.25) is 0 Å². The maximum Gasteiger partial charge on any atom is 0.315 e. The molecular formula is C14H26N2O3S. The van der Waals surface area contributed by atoms with Crippen LogP contribution in [0.1, 0.15) is 45.4 Å². The standard InChI is InChI=1S/C14H26N2O3S/c1-2-20(19)12-5-3-4-11(8-12)16-13(18)15-9-14(10-17)6-7-14/h11-12,17H,2-10H2,1H3,(H2,15,16,18). The van der Waals surface area contributed by atoms with Crippen LogP contribution in [0.25, 0.3) is 0 Å². The molecule has 0 aromatic carbocycles. The minimum atomic E-state index is -0.763. The largest absolute Gasteiger partial charge is 0.396 e. The zero-order chi connectivity index (χ0) is 14.6. The van der Waals surface area contributed by atoms with Gasteiger partial charge in [0, 0.05) is 39.8 Å². The molecule has 3 atom stereocenters. The van der Waals surface area contributed by atoms with Crippen LogP contribution in [-0.2, 0) is 10.8 Å². The summed E-state index contributed by atoms with van der Waals surface area (Å²) in [4.78, 5) is 11.9. The van der Waals surface area contributed by atoms with Crippen molar-refractivity contribution < 1.29 is 14.1 Å². The second-order valence-electron chi connectivity index (χ2n) is 6.14. The third-order valence-corrected chi connectivity index (χ3v) is 6.27. The Morgan fingerprint density at radius 3 is 2.75 bits per heavy atom. The highest BCUT2D eigenvalue weighted by molar-refractivity contribution is 7.85. The van der Waals surface area contributed by atoms with Crippen molar-refractivity contribution in [2.75, 3.05) is 18.9 Å². The van der Waals surface area contributed by atoms with Gasteiger partial charge in [-0.2, -0.15) is 0 Å².